The van der Waals surface area contributed by atoms with Crippen molar-refractivity contribution in [1.29, 1.82) is 0 Å². The molecular formula is C19H19N3O5. The topological polar surface area (TPSA) is 104 Å². The van der Waals surface area contributed by atoms with Gasteiger partial charge in [-0.05, 0) is 23.8 Å². The summed E-state index contributed by atoms with van der Waals surface area (Å²) in [7, 11) is 0. The first-order valence-corrected chi connectivity index (χ1v) is 8.54. The largest absolute Gasteiger partial charge is 0.478 e. The van der Waals surface area contributed by atoms with Crippen molar-refractivity contribution in [2.75, 3.05) is 31.1 Å². The number of piperazine rings is 1. The van der Waals surface area contributed by atoms with Crippen molar-refractivity contribution in [2.45, 2.75) is 6.42 Å². The van der Waals surface area contributed by atoms with Crippen molar-refractivity contribution in [2.24, 2.45) is 0 Å². The molecule has 1 saturated heterocycles. The maximum Gasteiger partial charge on any atom is 0.335 e. The number of carbonyl (C=O) groups excluding carboxylic acids is 1. The van der Waals surface area contributed by atoms with Crippen molar-refractivity contribution < 1.29 is 19.6 Å². The van der Waals surface area contributed by atoms with E-state index >= 15 is 0 Å². The predicted molar refractivity (Wildman–Crippen MR) is 99.0 cm³/mol. The van der Waals surface area contributed by atoms with Crippen LogP contribution in [0.5, 0.6) is 0 Å². The molecule has 0 bridgehead atoms. The fourth-order valence-corrected chi connectivity index (χ4v) is 3.13. The number of hydrogen-bond acceptors (Lipinski definition) is 5. The van der Waals surface area contributed by atoms with Gasteiger partial charge in [-0.1, -0.05) is 24.3 Å². The number of para-hydroxylation sites is 2. The van der Waals surface area contributed by atoms with Gasteiger partial charge in [0, 0.05) is 32.2 Å². The van der Waals surface area contributed by atoms with Gasteiger partial charge < -0.3 is 14.9 Å². The van der Waals surface area contributed by atoms with Crippen LogP contribution in [0.1, 0.15) is 15.9 Å². The summed E-state index contributed by atoms with van der Waals surface area (Å²) in [6.07, 6.45) is 0.200. The highest BCUT2D eigenvalue weighted by Crippen LogP contribution is 2.28. The van der Waals surface area contributed by atoms with Gasteiger partial charge in [-0.2, -0.15) is 0 Å². The predicted octanol–water partition coefficient (Wildman–Crippen LogP) is 2.18. The Labute approximate surface area is 155 Å². The minimum absolute atomic E-state index is 0.0414. The number of aromatic carboxylic acids is 1. The van der Waals surface area contributed by atoms with Crippen molar-refractivity contribution in [3.05, 3.63) is 69.8 Å². The van der Waals surface area contributed by atoms with E-state index in [-0.39, 0.29) is 23.6 Å². The molecule has 8 nitrogen and oxygen atoms in total. The molecule has 1 heterocycles. The second kappa shape index (κ2) is 7.86. The Kier molecular flexibility index (Phi) is 5.35. The summed E-state index contributed by atoms with van der Waals surface area (Å²) in [5, 5.41) is 20.1. The van der Waals surface area contributed by atoms with E-state index in [0.717, 1.165) is 5.56 Å². The van der Waals surface area contributed by atoms with Crippen molar-refractivity contribution in [1.82, 2.24) is 4.90 Å². The van der Waals surface area contributed by atoms with Gasteiger partial charge in [0.05, 0.1) is 16.9 Å². The molecule has 1 aliphatic rings. The zero-order valence-electron chi connectivity index (χ0n) is 14.6. The Balaban J connectivity index is 1.60. The van der Waals surface area contributed by atoms with Crippen LogP contribution in [-0.2, 0) is 11.2 Å². The van der Waals surface area contributed by atoms with E-state index in [4.69, 9.17) is 5.11 Å². The molecule has 1 amide bonds. The van der Waals surface area contributed by atoms with Crippen molar-refractivity contribution in [3.8, 4) is 0 Å². The van der Waals surface area contributed by atoms with E-state index in [0.29, 0.717) is 31.9 Å². The van der Waals surface area contributed by atoms with Gasteiger partial charge in [0.1, 0.15) is 5.69 Å². The minimum Gasteiger partial charge on any atom is -0.478 e. The molecule has 2 aromatic carbocycles. The maximum absolute atomic E-state index is 12.5. The Bertz CT molecular complexity index is 858. The van der Waals surface area contributed by atoms with E-state index in [2.05, 4.69) is 0 Å². The van der Waals surface area contributed by atoms with Gasteiger partial charge in [-0.15, -0.1) is 0 Å². The van der Waals surface area contributed by atoms with Gasteiger partial charge in [-0.25, -0.2) is 4.79 Å². The molecule has 0 spiro atoms. The molecular weight excluding hydrogens is 350 g/mol. The monoisotopic (exact) mass is 369 g/mol. The Hall–Kier alpha value is -3.42. The van der Waals surface area contributed by atoms with E-state index in [1.54, 1.807) is 35.2 Å². The van der Waals surface area contributed by atoms with Crippen LogP contribution in [0.3, 0.4) is 0 Å². The SMILES string of the molecule is O=C(O)c1ccc(CC(=O)N2CCN(c3ccccc3[N+](=O)[O-])CC2)cc1. The van der Waals surface area contributed by atoms with Crippen LogP contribution in [0.15, 0.2) is 48.5 Å². The maximum atomic E-state index is 12.5. The summed E-state index contributed by atoms with van der Waals surface area (Å²) < 4.78 is 0. The summed E-state index contributed by atoms with van der Waals surface area (Å²) in [6.45, 7) is 2.01. The van der Waals surface area contributed by atoms with E-state index < -0.39 is 10.9 Å². The zero-order chi connectivity index (χ0) is 19.4. The van der Waals surface area contributed by atoms with Gasteiger partial charge in [-0.3, -0.25) is 14.9 Å². The molecule has 0 unspecified atom stereocenters. The van der Waals surface area contributed by atoms with E-state index in [1.807, 2.05) is 4.90 Å². The second-order valence-corrected chi connectivity index (χ2v) is 6.29. The van der Waals surface area contributed by atoms with Crippen LogP contribution in [0.25, 0.3) is 0 Å². The number of benzene rings is 2. The molecule has 0 aliphatic carbocycles. The normalized spacial score (nSPS) is 14.1. The Morgan fingerprint density at radius 1 is 1.00 bits per heavy atom. The molecule has 2 aromatic rings. The van der Waals surface area contributed by atoms with Crippen LogP contribution in [0, 0.1) is 10.1 Å². The number of carbonyl (C=O) groups is 2. The molecule has 1 aliphatic heterocycles. The average Bonchev–Trinajstić information content (AvgIpc) is 2.68. The molecule has 1 N–H and O–H groups in total. The number of nitrogens with zero attached hydrogens (tertiary/aromatic N) is 3. The van der Waals surface area contributed by atoms with Gasteiger partial charge in [0.25, 0.3) is 5.69 Å². The molecule has 8 heteroatoms. The lowest BCUT2D eigenvalue weighted by molar-refractivity contribution is -0.384. The standard InChI is InChI=1S/C19H19N3O5/c23-18(13-14-5-7-15(8-6-14)19(24)25)21-11-9-20(10-12-21)16-3-1-2-4-17(16)22(26)27/h1-8H,9-13H2,(H,24,25). The lowest BCUT2D eigenvalue weighted by atomic mass is 10.1. The number of anilines is 1. The third kappa shape index (κ3) is 4.22. The number of carboxylic acids is 1. The molecule has 0 aromatic heterocycles. The van der Waals surface area contributed by atoms with Crippen LogP contribution in [-0.4, -0.2) is 53.0 Å². The Morgan fingerprint density at radius 3 is 2.22 bits per heavy atom. The smallest absolute Gasteiger partial charge is 0.335 e. The molecule has 27 heavy (non-hydrogen) atoms. The molecule has 0 radical (unpaired) electrons. The van der Waals surface area contributed by atoms with Gasteiger partial charge in [0.2, 0.25) is 5.91 Å². The van der Waals surface area contributed by atoms with Crippen molar-refractivity contribution >= 4 is 23.3 Å². The summed E-state index contributed by atoms with van der Waals surface area (Å²) in [5.41, 5.74) is 1.57. The fourth-order valence-electron chi connectivity index (χ4n) is 3.13. The molecule has 0 atom stereocenters. The fraction of sp³-hybridized carbons (Fsp3) is 0.263. The van der Waals surface area contributed by atoms with Crippen LogP contribution >= 0.6 is 0 Å². The summed E-state index contributed by atoms with van der Waals surface area (Å²) in [5.74, 6) is -1.04. The lowest BCUT2D eigenvalue weighted by Crippen LogP contribution is -2.49. The number of carboxylic acid groups (broad SMARTS) is 1. The highest BCUT2D eigenvalue weighted by atomic mass is 16.6. The second-order valence-electron chi connectivity index (χ2n) is 6.29. The quantitative estimate of drug-likeness (QED) is 0.640. The first kappa shape index (κ1) is 18.4. The van der Waals surface area contributed by atoms with Gasteiger partial charge in [0.15, 0.2) is 0 Å². The molecule has 1 fully saturated rings. The summed E-state index contributed by atoms with van der Waals surface area (Å²) in [6, 6.07) is 12.9. The minimum atomic E-state index is -1.00. The number of nitro groups is 1. The van der Waals surface area contributed by atoms with Gasteiger partial charge >= 0.3 is 5.97 Å². The molecule has 0 saturated carbocycles. The van der Waals surface area contributed by atoms with Crippen LogP contribution in [0.2, 0.25) is 0 Å². The number of nitro benzene ring substituents is 1. The Morgan fingerprint density at radius 2 is 1.63 bits per heavy atom. The van der Waals surface area contributed by atoms with Crippen LogP contribution < -0.4 is 4.90 Å². The van der Waals surface area contributed by atoms with E-state index in [9.17, 15) is 19.7 Å². The molecule has 140 valence electrons. The zero-order valence-corrected chi connectivity index (χ0v) is 14.6. The lowest BCUT2D eigenvalue weighted by Gasteiger charge is -2.35. The number of rotatable bonds is 5. The summed E-state index contributed by atoms with van der Waals surface area (Å²) in [4.78, 5) is 37.8. The number of hydrogen-bond donors (Lipinski definition) is 1. The van der Waals surface area contributed by atoms with Crippen molar-refractivity contribution in [3.63, 3.8) is 0 Å². The highest BCUT2D eigenvalue weighted by Gasteiger charge is 2.25. The summed E-state index contributed by atoms with van der Waals surface area (Å²) >= 11 is 0. The van der Waals surface area contributed by atoms with E-state index in [1.165, 1.54) is 18.2 Å². The molecule has 3 rings (SSSR count). The third-order valence-electron chi connectivity index (χ3n) is 4.61. The third-order valence-corrected chi connectivity index (χ3v) is 4.61. The van der Waals surface area contributed by atoms with Crippen LogP contribution in [0.4, 0.5) is 11.4 Å². The average molecular weight is 369 g/mol. The number of amides is 1. The first-order chi connectivity index (χ1) is 13.0. The first-order valence-electron chi connectivity index (χ1n) is 8.54. The highest BCUT2D eigenvalue weighted by molar-refractivity contribution is 5.87.